The van der Waals surface area contributed by atoms with Crippen molar-refractivity contribution in [2.75, 3.05) is 0 Å². The molecule has 0 aromatic carbocycles. The van der Waals surface area contributed by atoms with Crippen LogP contribution in [-0.4, -0.2) is 0 Å². The molecule has 0 heterocycles. The lowest BCUT2D eigenvalue weighted by atomic mass is 10.6. The summed E-state index contributed by atoms with van der Waals surface area (Å²) in [6.07, 6.45) is 4.60. The molecule has 0 N–H and O–H groups in total. The summed E-state index contributed by atoms with van der Waals surface area (Å²) in [5.74, 6) is 2.25. The van der Waals surface area contributed by atoms with Crippen LogP contribution in [0.3, 0.4) is 0 Å². The molecule has 0 heteroatoms. The summed E-state index contributed by atoms with van der Waals surface area (Å²) in [6, 6.07) is 8.48. The first-order chi connectivity index (χ1) is 4.38. The molecule has 0 aliphatic heterocycles. The highest BCUT2D eigenvalue weighted by molar-refractivity contribution is 5.80. The average molecular weight is 116 g/mol. The normalized spacial score (nSPS) is 8.44. The van der Waals surface area contributed by atoms with Crippen LogP contribution in [0.25, 0.3) is 11.1 Å². The van der Waals surface area contributed by atoms with Gasteiger partial charge in [-0.2, -0.15) is 0 Å². The van der Waals surface area contributed by atoms with Gasteiger partial charge in [0.2, 0.25) is 0 Å². The SMILES string of the molecule is C#CC.c1cc2cc-2c1. The molecule has 0 unspecified atom stereocenters. The van der Waals surface area contributed by atoms with Gasteiger partial charge in [0.1, 0.15) is 0 Å². The van der Waals surface area contributed by atoms with Gasteiger partial charge in [-0.1, -0.05) is 18.2 Å². The smallest absolute Gasteiger partial charge is 0.00297 e. The fourth-order valence-corrected chi connectivity index (χ4v) is 0.676. The lowest BCUT2D eigenvalue weighted by molar-refractivity contribution is 1.94. The molecule has 0 saturated carbocycles. The first kappa shape index (κ1) is 5.91. The number of hydrogen-bond donors (Lipinski definition) is 0. The monoisotopic (exact) mass is 116 g/mol. The zero-order valence-electron chi connectivity index (χ0n) is 5.39. The minimum absolute atomic E-state index is 1.43. The Morgan fingerprint density at radius 2 is 1.78 bits per heavy atom. The largest absolute Gasteiger partial charge is 0.120 e. The van der Waals surface area contributed by atoms with Crippen LogP contribution in [0.1, 0.15) is 6.92 Å². The predicted molar refractivity (Wildman–Crippen MR) is 39.9 cm³/mol. The standard InChI is InChI=1S/C6H4.C3H4/c1-2-5-4-6(5)3-1;1-3-2/h1-4H;1H,2H3. The van der Waals surface area contributed by atoms with Gasteiger partial charge in [0.25, 0.3) is 0 Å². The van der Waals surface area contributed by atoms with Gasteiger partial charge in [0.05, 0.1) is 0 Å². The Kier molecular flexibility index (Phi) is 1.55. The van der Waals surface area contributed by atoms with Gasteiger partial charge in [-0.15, -0.1) is 12.3 Å². The second-order valence-corrected chi connectivity index (χ2v) is 1.87. The zero-order valence-corrected chi connectivity index (χ0v) is 5.39. The second-order valence-electron chi connectivity index (χ2n) is 1.87. The van der Waals surface area contributed by atoms with Crippen LogP contribution in [0.15, 0.2) is 24.3 Å². The van der Waals surface area contributed by atoms with E-state index >= 15 is 0 Å². The lowest BCUT2D eigenvalue weighted by Crippen LogP contribution is -1.23. The van der Waals surface area contributed by atoms with Crippen LogP contribution in [0, 0.1) is 12.3 Å². The number of terminal acetylenes is 1. The topological polar surface area (TPSA) is 0 Å². The molecule has 0 radical (unpaired) electrons. The predicted octanol–water partition coefficient (Wildman–Crippen LogP) is 2.31. The third-order valence-corrected chi connectivity index (χ3v) is 1.11. The van der Waals surface area contributed by atoms with E-state index in [-0.39, 0.29) is 0 Å². The molecular weight excluding hydrogens is 108 g/mol. The Labute approximate surface area is 55.5 Å². The average Bonchev–Trinajstić information content (AvgIpc) is 2.43. The van der Waals surface area contributed by atoms with Gasteiger partial charge in [0, 0.05) is 0 Å². The van der Waals surface area contributed by atoms with Crippen molar-refractivity contribution >= 4 is 0 Å². The number of hydrogen-bond acceptors (Lipinski definition) is 0. The lowest BCUT2D eigenvalue weighted by Gasteiger charge is -1.48. The highest BCUT2D eigenvalue weighted by atomic mass is 14.1. The third-order valence-electron chi connectivity index (χ3n) is 1.11. The zero-order chi connectivity index (χ0) is 6.69. The van der Waals surface area contributed by atoms with E-state index in [2.05, 4.69) is 36.6 Å². The molecule has 0 aromatic heterocycles. The maximum atomic E-state index is 4.60. The molecule has 44 valence electrons. The Morgan fingerprint density at radius 1 is 1.33 bits per heavy atom. The fraction of sp³-hybridized carbons (Fsp3) is 0.111. The Hall–Kier alpha value is -1.22. The van der Waals surface area contributed by atoms with Crippen LogP contribution in [0.2, 0.25) is 0 Å². The van der Waals surface area contributed by atoms with Gasteiger partial charge in [-0.3, -0.25) is 0 Å². The van der Waals surface area contributed by atoms with Gasteiger partial charge in [-0.25, -0.2) is 0 Å². The molecule has 2 rings (SSSR count). The number of benzene rings is 1. The third kappa shape index (κ3) is 1.33. The summed E-state index contributed by atoms with van der Waals surface area (Å²) >= 11 is 0. The van der Waals surface area contributed by atoms with Crippen molar-refractivity contribution in [2.45, 2.75) is 6.92 Å². The van der Waals surface area contributed by atoms with Gasteiger partial charge < -0.3 is 0 Å². The summed E-state index contributed by atoms with van der Waals surface area (Å²) in [5, 5.41) is 0. The Balaban J connectivity index is 0.000000120. The molecule has 0 aromatic rings. The summed E-state index contributed by atoms with van der Waals surface area (Å²) in [6.45, 7) is 1.65. The quantitative estimate of drug-likeness (QED) is 0.463. The van der Waals surface area contributed by atoms with Crippen LogP contribution < -0.4 is 0 Å². The van der Waals surface area contributed by atoms with Gasteiger partial charge in [0.15, 0.2) is 0 Å². The molecule has 0 amide bonds. The van der Waals surface area contributed by atoms with Crippen molar-refractivity contribution in [3.63, 3.8) is 0 Å². The van der Waals surface area contributed by atoms with E-state index in [1.165, 1.54) is 11.1 Å². The number of rotatable bonds is 0. The summed E-state index contributed by atoms with van der Waals surface area (Å²) in [5.41, 5.74) is 2.85. The highest BCUT2D eigenvalue weighted by Gasteiger charge is 2.06. The molecule has 2 aliphatic carbocycles. The minimum atomic E-state index is 1.43. The van der Waals surface area contributed by atoms with E-state index in [9.17, 15) is 0 Å². The molecule has 0 nitrogen and oxygen atoms in total. The van der Waals surface area contributed by atoms with Gasteiger partial charge in [-0.05, 0) is 24.1 Å². The van der Waals surface area contributed by atoms with Crippen molar-refractivity contribution in [3.8, 4) is 23.5 Å². The molecule has 9 heavy (non-hydrogen) atoms. The van der Waals surface area contributed by atoms with E-state index in [1.54, 1.807) is 6.92 Å². The minimum Gasteiger partial charge on any atom is -0.120 e. The maximum absolute atomic E-state index is 4.60. The fourth-order valence-electron chi connectivity index (χ4n) is 0.676. The molecule has 0 bridgehead atoms. The molecule has 0 spiro atoms. The summed E-state index contributed by atoms with van der Waals surface area (Å²) in [7, 11) is 0. The first-order valence-corrected chi connectivity index (χ1v) is 2.86. The van der Waals surface area contributed by atoms with E-state index in [4.69, 9.17) is 0 Å². The first-order valence-electron chi connectivity index (χ1n) is 2.86. The Bertz CT molecular complexity index is 223. The molecular formula is C9H8. The second kappa shape index (κ2) is 2.37. The molecule has 0 saturated heterocycles. The van der Waals surface area contributed by atoms with E-state index in [0.717, 1.165) is 0 Å². The summed E-state index contributed by atoms with van der Waals surface area (Å²) < 4.78 is 0. The van der Waals surface area contributed by atoms with Gasteiger partial charge >= 0.3 is 0 Å². The van der Waals surface area contributed by atoms with Crippen LogP contribution in [-0.2, 0) is 0 Å². The van der Waals surface area contributed by atoms with Crippen molar-refractivity contribution in [1.82, 2.24) is 0 Å². The maximum Gasteiger partial charge on any atom is -0.00297 e. The van der Waals surface area contributed by atoms with E-state index in [0.29, 0.717) is 0 Å². The van der Waals surface area contributed by atoms with E-state index < -0.39 is 0 Å². The van der Waals surface area contributed by atoms with Crippen molar-refractivity contribution in [1.29, 1.82) is 0 Å². The summed E-state index contributed by atoms with van der Waals surface area (Å²) in [4.78, 5) is 0. The van der Waals surface area contributed by atoms with Crippen molar-refractivity contribution in [2.24, 2.45) is 0 Å². The van der Waals surface area contributed by atoms with Crippen LogP contribution >= 0.6 is 0 Å². The highest BCUT2D eigenvalue weighted by Crippen LogP contribution is 2.32. The van der Waals surface area contributed by atoms with Crippen LogP contribution in [0.4, 0.5) is 0 Å². The van der Waals surface area contributed by atoms with Crippen LogP contribution in [0.5, 0.6) is 0 Å². The number of fused-ring (bicyclic) bond motifs is 1. The Morgan fingerprint density at radius 3 is 1.89 bits per heavy atom. The molecule has 2 aliphatic rings. The van der Waals surface area contributed by atoms with E-state index in [1.807, 2.05) is 0 Å². The molecule has 0 fully saturated rings. The van der Waals surface area contributed by atoms with Crippen molar-refractivity contribution in [3.05, 3.63) is 24.3 Å². The molecule has 0 atom stereocenters. The van der Waals surface area contributed by atoms with Crippen molar-refractivity contribution < 1.29 is 0 Å².